The first kappa shape index (κ1) is 13.4. The zero-order valence-electron chi connectivity index (χ0n) is 12.0. The highest BCUT2D eigenvalue weighted by Crippen LogP contribution is 2.33. The van der Waals surface area contributed by atoms with Crippen molar-refractivity contribution in [2.45, 2.75) is 51.0 Å². The van der Waals surface area contributed by atoms with Gasteiger partial charge < -0.3 is 15.5 Å². The molecule has 1 fully saturated rings. The average Bonchev–Trinajstić information content (AvgIpc) is 2.75. The van der Waals surface area contributed by atoms with Gasteiger partial charge in [-0.15, -0.1) is 0 Å². The van der Waals surface area contributed by atoms with Crippen molar-refractivity contribution in [2.24, 2.45) is 5.73 Å². The summed E-state index contributed by atoms with van der Waals surface area (Å²) < 4.78 is 5.42. The van der Waals surface area contributed by atoms with Crippen molar-refractivity contribution >= 4 is 11.2 Å². The van der Waals surface area contributed by atoms with Crippen molar-refractivity contribution in [3.63, 3.8) is 0 Å². The van der Waals surface area contributed by atoms with Crippen LogP contribution in [0.25, 0.3) is 11.2 Å². The number of hydrogen-bond donors (Lipinski definition) is 2. The van der Waals surface area contributed by atoms with E-state index < -0.39 is 0 Å². The van der Waals surface area contributed by atoms with Crippen LogP contribution in [-0.2, 0) is 5.54 Å². The molecular weight excluding hydrogens is 252 g/mol. The second-order valence-corrected chi connectivity index (χ2v) is 5.61. The quantitative estimate of drug-likeness (QED) is 0.844. The highest BCUT2D eigenvalue weighted by molar-refractivity contribution is 5.71. The van der Waals surface area contributed by atoms with Gasteiger partial charge in [-0.05, 0) is 25.8 Å². The standard InChI is InChI=1S/C15H22N4O/c1-2-20-12-8-7-11-13(18-12)19-14(17-11)15(16)9-5-3-4-6-10-15/h7-8H,2-6,9-10,16H2,1H3,(H,17,18,19). The number of aromatic nitrogens is 3. The molecule has 2 aromatic rings. The highest BCUT2D eigenvalue weighted by Gasteiger charge is 2.31. The van der Waals surface area contributed by atoms with E-state index in [0.717, 1.165) is 24.2 Å². The minimum atomic E-state index is -0.330. The zero-order chi connectivity index (χ0) is 14.0. The van der Waals surface area contributed by atoms with Gasteiger partial charge in [-0.2, -0.15) is 4.98 Å². The molecule has 0 bridgehead atoms. The van der Waals surface area contributed by atoms with Crippen LogP contribution in [0.3, 0.4) is 0 Å². The van der Waals surface area contributed by atoms with Gasteiger partial charge in [-0.25, -0.2) is 4.98 Å². The number of pyridine rings is 1. The van der Waals surface area contributed by atoms with Gasteiger partial charge in [0, 0.05) is 6.07 Å². The molecule has 2 aromatic heterocycles. The number of imidazole rings is 1. The molecular formula is C15H22N4O. The van der Waals surface area contributed by atoms with Crippen LogP contribution < -0.4 is 10.5 Å². The summed E-state index contributed by atoms with van der Waals surface area (Å²) in [7, 11) is 0. The van der Waals surface area contributed by atoms with Gasteiger partial charge >= 0.3 is 0 Å². The maximum Gasteiger partial charge on any atom is 0.215 e. The van der Waals surface area contributed by atoms with E-state index >= 15 is 0 Å². The number of nitrogens with one attached hydrogen (secondary N) is 1. The Kier molecular flexibility index (Phi) is 3.61. The lowest BCUT2D eigenvalue weighted by Gasteiger charge is -2.25. The van der Waals surface area contributed by atoms with Gasteiger partial charge in [0.25, 0.3) is 0 Å². The fourth-order valence-corrected chi connectivity index (χ4v) is 2.94. The molecule has 20 heavy (non-hydrogen) atoms. The number of rotatable bonds is 3. The van der Waals surface area contributed by atoms with Crippen molar-refractivity contribution in [3.05, 3.63) is 18.0 Å². The molecule has 5 nitrogen and oxygen atoms in total. The maximum atomic E-state index is 6.59. The van der Waals surface area contributed by atoms with Crippen LogP contribution in [0.2, 0.25) is 0 Å². The highest BCUT2D eigenvalue weighted by atomic mass is 16.5. The number of H-pyrrole nitrogens is 1. The summed E-state index contributed by atoms with van der Waals surface area (Å²) in [6, 6.07) is 3.83. The summed E-state index contributed by atoms with van der Waals surface area (Å²) >= 11 is 0. The first-order valence-electron chi connectivity index (χ1n) is 7.50. The van der Waals surface area contributed by atoms with E-state index in [1.807, 2.05) is 19.1 Å². The van der Waals surface area contributed by atoms with E-state index in [-0.39, 0.29) is 5.54 Å². The number of aromatic amines is 1. The molecule has 0 aliphatic heterocycles. The molecule has 0 saturated heterocycles. The van der Waals surface area contributed by atoms with Crippen LogP contribution in [-0.4, -0.2) is 21.6 Å². The summed E-state index contributed by atoms with van der Waals surface area (Å²) in [6.07, 6.45) is 6.87. The van der Waals surface area contributed by atoms with E-state index in [4.69, 9.17) is 10.5 Å². The number of fused-ring (bicyclic) bond motifs is 1. The lowest BCUT2D eigenvalue weighted by Crippen LogP contribution is -2.37. The lowest BCUT2D eigenvalue weighted by atomic mass is 9.91. The van der Waals surface area contributed by atoms with Gasteiger partial charge in [0.05, 0.1) is 17.7 Å². The van der Waals surface area contributed by atoms with Crippen LogP contribution in [0, 0.1) is 0 Å². The Bertz CT molecular complexity index is 585. The Labute approximate surface area is 118 Å². The van der Waals surface area contributed by atoms with E-state index in [9.17, 15) is 0 Å². The second kappa shape index (κ2) is 5.40. The molecule has 0 unspecified atom stereocenters. The van der Waals surface area contributed by atoms with E-state index in [1.165, 1.54) is 25.7 Å². The third kappa shape index (κ3) is 2.50. The molecule has 0 amide bonds. The molecule has 0 atom stereocenters. The number of hydrogen-bond acceptors (Lipinski definition) is 4. The fourth-order valence-electron chi connectivity index (χ4n) is 2.94. The van der Waals surface area contributed by atoms with E-state index in [0.29, 0.717) is 18.1 Å². The molecule has 2 heterocycles. The molecule has 0 spiro atoms. The van der Waals surface area contributed by atoms with Crippen molar-refractivity contribution < 1.29 is 4.74 Å². The molecule has 0 radical (unpaired) electrons. The third-order valence-electron chi connectivity index (χ3n) is 4.08. The molecule has 3 N–H and O–H groups in total. The van der Waals surface area contributed by atoms with Gasteiger partial charge in [-0.1, -0.05) is 25.7 Å². The van der Waals surface area contributed by atoms with Crippen LogP contribution in [0.1, 0.15) is 51.3 Å². The zero-order valence-corrected chi connectivity index (χ0v) is 12.0. The molecule has 5 heteroatoms. The second-order valence-electron chi connectivity index (χ2n) is 5.61. The Morgan fingerprint density at radius 2 is 1.95 bits per heavy atom. The molecule has 1 saturated carbocycles. The van der Waals surface area contributed by atoms with Gasteiger partial charge in [0.1, 0.15) is 5.82 Å². The van der Waals surface area contributed by atoms with Crippen molar-refractivity contribution in [3.8, 4) is 5.88 Å². The number of nitrogens with two attached hydrogens (primary N) is 1. The van der Waals surface area contributed by atoms with Crippen molar-refractivity contribution in [1.29, 1.82) is 0 Å². The van der Waals surface area contributed by atoms with Gasteiger partial charge in [-0.3, -0.25) is 0 Å². The van der Waals surface area contributed by atoms with Crippen LogP contribution >= 0.6 is 0 Å². The summed E-state index contributed by atoms with van der Waals surface area (Å²) in [5.74, 6) is 1.49. The normalized spacial score (nSPS) is 18.9. The minimum absolute atomic E-state index is 0.330. The number of ether oxygens (including phenoxy) is 1. The minimum Gasteiger partial charge on any atom is -0.478 e. The molecule has 1 aliphatic rings. The van der Waals surface area contributed by atoms with E-state index in [1.54, 1.807) is 0 Å². The first-order chi connectivity index (χ1) is 9.71. The predicted molar refractivity (Wildman–Crippen MR) is 78.6 cm³/mol. The Morgan fingerprint density at radius 1 is 1.20 bits per heavy atom. The fraction of sp³-hybridized carbons (Fsp3) is 0.600. The Hall–Kier alpha value is -1.62. The van der Waals surface area contributed by atoms with Gasteiger partial charge in [0.15, 0.2) is 5.65 Å². The van der Waals surface area contributed by atoms with Crippen LogP contribution in [0.15, 0.2) is 12.1 Å². The smallest absolute Gasteiger partial charge is 0.215 e. The van der Waals surface area contributed by atoms with Crippen molar-refractivity contribution in [1.82, 2.24) is 15.0 Å². The molecule has 0 aromatic carbocycles. The van der Waals surface area contributed by atoms with Crippen LogP contribution in [0.5, 0.6) is 5.88 Å². The van der Waals surface area contributed by atoms with Gasteiger partial charge in [0.2, 0.25) is 5.88 Å². The van der Waals surface area contributed by atoms with Crippen molar-refractivity contribution in [2.75, 3.05) is 6.61 Å². The van der Waals surface area contributed by atoms with E-state index in [2.05, 4.69) is 15.0 Å². The first-order valence-corrected chi connectivity index (χ1v) is 7.50. The third-order valence-corrected chi connectivity index (χ3v) is 4.08. The predicted octanol–water partition coefficient (Wildman–Crippen LogP) is 2.86. The Balaban J connectivity index is 1.95. The lowest BCUT2D eigenvalue weighted by molar-refractivity contribution is 0.328. The number of nitrogens with zero attached hydrogens (tertiary/aromatic N) is 2. The summed E-state index contributed by atoms with van der Waals surface area (Å²) in [6.45, 7) is 2.55. The molecule has 108 valence electrons. The van der Waals surface area contributed by atoms with Crippen LogP contribution in [0.4, 0.5) is 0 Å². The largest absolute Gasteiger partial charge is 0.478 e. The topological polar surface area (TPSA) is 76.8 Å². The summed E-state index contributed by atoms with van der Waals surface area (Å²) in [5.41, 5.74) is 7.88. The SMILES string of the molecule is CCOc1ccc2[nH]c(C3(N)CCCCCC3)nc2n1. The summed E-state index contributed by atoms with van der Waals surface area (Å²) in [5, 5.41) is 0. The monoisotopic (exact) mass is 274 g/mol. The summed E-state index contributed by atoms with van der Waals surface area (Å²) in [4.78, 5) is 12.4. The maximum absolute atomic E-state index is 6.59. The Morgan fingerprint density at radius 3 is 2.65 bits per heavy atom. The molecule has 3 rings (SSSR count). The molecule has 1 aliphatic carbocycles. The average molecular weight is 274 g/mol.